The highest BCUT2D eigenvalue weighted by molar-refractivity contribution is 6.32. The number of nitriles is 1. The van der Waals surface area contributed by atoms with Crippen molar-refractivity contribution in [3.63, 3.8) is 0 Å². The van der Waals surface area contributed by atoms with Gasteiger partial charge in [-0.15, -0.1) is 0 Å². The number of nitrogens with zero attached hydrogens (tertiary/aromatic N) is 2. The van der Waals surface area contributed by atoms with Crippen LogP contribution in [0.25, 0.3) is 0 Å². The summed E-state index contributed by atoms with van der Waals surface area (Å²) < 4.78 is 42.3. The fourth-order valence-electron chi connectivity index (χ4n) is 1.37. The van der Waals surface area contributed by atoms with Crippen molar-refractivity contribution in [2.24, 2.45) is 0 Å². The fraction of sp³-hybridized carbons (Fsp3) is 0.0769. The van der Waals surface area contributed by atoms with Crippen LogP contribution in [0.1, 0.15) is 11.1 Å². The van der Waals surface area contributed by atoms with Crippen LogP contribution in [0, 0.1) is 11.3 Å². The molecule has 2 aromatic rings. The molecule has 0 radical (unpaired) electrons. The van der Waals surface area contributed by atoms with Crippen molar-refractivity contribution in [3.8, 4) is 17.7 Å². The van der Waals surface area contributed by atoms with Crippen molar-refractivity contribution < 1.29 is 17.9 Å². The average Bonchev–Trinajstić information content (AvgIpc) is 2.40. The lowest BCUT2D eigenvalue weighted by Gasteiger charge is -2.09. The molecule has 0 saturated heterocycles. The van der Waals surface area contributed by atoms with Gasteiger partial charge in [-0.25, -0.2) is 4.98 Å². The van der Waals surface area contributed by atoms with E-state index in [-0.39, 0.29) is 16.7 Å². The van der Waals surface area contributed by atoms with Gasteiger partial charge in [0.25, 0.3) is 0 Å². The Morgan fingerprint density at radius 2 is 1.95 bits per heavy atom. The standard InChI is InChI=1S/C13H6ClF3N2O/c14-10-5-8(6-18)1-3-11(10)20-12-4-2-9(7-19-12)13(15,16)17/h1-5,7H. The monoisotopic (exact) mass is 298 g/mol. The average molecular weight is 299 g/mol. The highest BCUT2D eigenvalue weighted by atomic mass is 35.5. The van der Waals surface area contributed by atoms with Gasteiger partial charge in [-0.3, -0.25) is 0 Å². The number of aromatic nitrogens is 1. The lowest BCUT2D eigenvalue weighted by atomic mass is 10.2. The molecule has 20 heavy (non-hydrogen) atoms. The number of benzene rings is 1. The molecule has 7 heteroatoms. The lowest BCUT2D eigenvalue weighted by molar-refractivity contribution is -0.137. The summed E-state index contributed by atoms with van der Waals surface area (Å²) in [6.45, 7) is 0. The van der Waals surface area contributed by atoms with Gasteiger partial charge in [-0.05, 0) is 24.3 Å². The van der Waals surface area contributed by atoms with Gasteiger partial charge in [0.15, 0.2) is 0 Å². The number of pyridine rings is 1. The molecule has 0 fully saturated rings. The minimum Gasteiger partial charge on any atom is -0.437 e. The first-order chi connectivity index (χ1) is 9.40. The van der Waals surface area contributed by atoms with Crippen LogP contribution in [0.3, 0.4) is 0 Å². The molecule has 2 rings (SSSR count). The summed E-state index contributed by atoms with van der Waals surface area (Å²) in [7, 11) is 0. The number of halogens is 4. The molecule has 3 nitrogen and oxygen atoms in total. The first-order valence-electron chi connectivity index (χ1n) is 5.31. The predicted octanol–water partition coefficient (Wildman–Crippen LogP) is 4.42. The molecular formula is C13H6ClF3N2O. The van der Waals surface area contributed by atoms with E-state index in [0.717, 1.165) is 12.1 Å². The van der Waals surface area contributed by atoms with Crippen LogP contribution in [0.5, 0.6) is 11.6 Å². The smallest absolute Gasteiger partial charge is 0.417 e. The second-order valence-corrected chi connectivity index (χ2v) is 4.15. The topological polar surface area (TPSA) is 45.9 Å². The van der Waals surface area contributed by atoms with E-state index in [0.29, 0.717) is 11.8 Å². The Hall–Kier alpha value is -2.26. The van der Waals surface area contributed by atoms with Gasteiger partial charge in [0.1, 0.15) is 5.75 Å². The molecule has 1 heterocycles. The zero-order chi connectivity index (χ0) is 14.8. The number of hydrogen-bond acceptors (Lipinski definition) is 3. The van der Waals surface area contributed by atoms with E-state index in [1.165, 1.54) is 18.2 Å². The highest BCUT2D eigenvalue weighted by Gasteiger charge is 2.30. The molecule has 0 N–H and O–H groups in total. The van der Waals surface area contributed by atoms with E-state index in [1.54, 1.807) is 0 Å². The molecular weight excluding hydrogens is 293 g/mol. The van der Waals surface area contributed by atoms with Gasteiger partial charge in [0.2, 0.25) is 5.88 Å². The maximum atomic E-state index is 12.4. The molecule has 102 valence electrons. The fourth-order valence-corrected chi connectivity index (χ4v) is 1.59. The summed E-state index contributed by atoms with van der Waals surface area (Å²) in [5.41, 5.74) is -0.515. The zero-order valence-electron chi connectivity index (χ0n) is 9.78. The van der Waals surface area contributed by atoms with Crippen molar-refractivity contribution in [2.45, 2.75) is 6.18 Å². The molecule has 0 amide bonds. The van der Waals surface area contributed by atoms with Crippen LogP contribution < -0.4 is 4.74 Å². The van der Waals surface area contributed by atoms with Crippen molar-refractivity contribution in [2.75, 3.05) is 0 Å². The van der Waals surface area contributed by atoms with Gasteiger partial charge >= 0.3 is 6.18 Å². The summed E-state index contributed by atoms with van der Waals surface area (Å²) in [6, 6.07) is 8.17. The first-order valence-corrected chi connectivity index (χ1v) is 5.68. The van der Waals surface area contributed by atoms with Crippen LogP contribution in [0.4, 0.5) is 13.2 Å². The lowest BCUT2D eigenvalue weighted by Crippen LogP contribution is -2.05. The predicted molar refractivity (Wildman–Crippen MR) is 65.5 cm³/mol. The third-order valence-corrected chi connectivity index (χ3v) is 2.63. The van der Waals surface area contributed by atoms with Crippen LogP contribution in [-0.2, 0) is 6.18 Å². The molecule has 0 atom stereocenters. The van der Waals surface area contributed by atoms with Gasteiger partial charge in [-0.2, -0.15) is 18.4 Å². The molecule has 1 aromatic carbocycles. The number of rotatable bonds is 2. The summed E-state index contributed by atoms with van der Waals surface area (Å²) in [5, 5.41) is 8.85. The number of ether oxygens (including phenoxy) is 1. The first kappa shape index (κ1) is 14.2. The minimum absolute atomic E-state index is 0.0235. The quantitative estimate of drug-likeness (QED) is 0.824. The molecule has 1 aromatic heterocycles. The normalized spacial score (nSPS) is 10.9. The van der Waals surface area contributed by atoms with Crippen molar-refractivity contribution in [1.82, 2.24) is 4.98 Å². The Kier molecular flexibility index (Phi) is 3.81. The molecule has 0 unspecified atom stereocenters. The van der Waals surface area contributed by atoms with Crippen molar-refractivity contribution in [1.29, 1.82) is 5.26 Å². The van der Waals surface area contributed by atoms with E-state index in [9.17, 15) is 13.2 Å². The molecule has 0 aliphatic carbocycles. The van der Waals surface area contributed by atoms with E-state index >= 15 is 0 Å². The largest absolute Gasteiger partial charge is 0.437 e. The maximum Gasteiger partial charge on any atom is 0.417 e. The van der Waals surface area contributed by atoms with Crippen molar-refractivity contribution in [3.05, 3.63) is 52.7 Å². The van der Waals surface area contributed by atoms with Crippen molar-refractivity contribution >= 4 is 11.6 Å². The minimum atomic E-state index is -4.45. The van der Waals surface area contributed by atoms with Crippen LogP contribution in [0.2, 0.25) is 5.02 Å². The maximum absolute atomic E-state index is 12.4. The van der Waals surface area contributed by atoms with E-state index < -0.39 is 11.7 Å². The van der Waals surface area contributed by atoms with Crippen LogP contribution >= 0.6 is 11.6 Å². The summed E-state index contributed by atoms with van der Waals surface area (Å²) in [6.07, 6.45) is -3.77. The summed E-state index contributed by atoms with van der Waals surface area (Å²) in [4.78, 5) is 3.56. The van der Waals surface area contributed by atoms with Gasteiger partial charge < -0.3 is 4.74 Å². The Morgan fingerprint density at radius 3 is 2.45 bits per heavy atom. The van der Waals surface area contributed by atoms with E-state index in [2.05, 4.69) is 4.98 Å². The van der Waals surface area contributed by atoms with E-state index in [4.69, 9.17) is 21.6 Å². The molecule has 0 spiro atoms. The van der Waals surface area contributed by atoms with Gasteiger partial charge in [-0.1, -0.05) is 11.6 Å². The van der Waals surface area contributed by atoms with Crippen LogP contribution in [0.15, 0.2) is 36.5 Å². The zero-order valence-corrected chi connectivity index (χ0v) is 10.5. The third-order valence-electron chi connectivity index (χ3n) is 2.34. The SMILES string of the molecule is N#Cc1ccc(Oc2ccc(C(F)(F)F)cn2)c(Cl)c1. The Morgan fingerprint density at radius 1 is 1.20 bits per heavy atom. The molecule has 0 saturated carbocycles. The molecule has 0 aliphatic heterocycles. The highest BCUT2D eigenvalue weighted by Crippen LogP contribution is 2.32. The number of alkyl halides is 3. The second kappa shape index (κ2) is 5.39. The molecule has 0 aliphatic rings. The van der Waals surface area contributed by atoms with Crippen LogP contribution in [-0.4, -0.2) is 4.98 Å². The Balaban J connectivity index is 2.21. The third kappa shape index (κ3) is 3.19. The Labute approximate surface area is 117 Å². The van der Waals surface area contributed by atoms with Gasteiger partial charge in [0, 0.05) is 12.3 Å². The Bertz CT molecular complexity index is 663. The number of hydrogen-bond donors (Lipinski definition) is 0. The summed E-state index contributed by atoms with van der Waals surface area (Å²) in [5.74, 6) is 0.183. The molecule has 0 bridgehead atoms. The second-order valence-electron chi connectivity index (χ2n) is 3.74. The summed E-state index contributed by atoms with van der Waals surface area (Å²) >= 11 is 5.88. The van der Waals surface area contributed by atoms with E-state index in [1.807, 2.05) is 6.07 Å². The van der Waals surface area contributed by atoms with Gasteiger partial charge in [0.05, 0.1) is 22.2 Å².